The molecule has 0 radical (unpaired) electrons. The van der Waals surface area contributed by atoms with Crippen molar-refractivity contribution in [2.24, 2.45) is 0 Å². The maximum absolute atomic E-state index is 13.3. The number of pyridine rings is 1. The Labute approximate surface area is 211 Å². The van der Waals surface area contributed by atoms with Crippen LogP contribution in [0.15, 0.2) is 42.6 Å². The van der Waals surface area contributed by atoms with Crippen molar-refractivity contribution < 1.29 is 38.8 Å². The number of fused-ring (bicyclic) bond motifs is 1. The first-order valence-electron chi connectivity index (χ1n) is 11.5. The molecule has 5 amide bonds. The topological polar surface area (TPSA) is 178 Å². The lowest BCUT2D eigenvalue weighted by molar-refractivity contribution is -0.153. The van der Waals surface area contributed by atoms with Crippen LogP contribution < -0.4 is 15.3 Å². The van der Waals surface area contributed by atoms with Gasteiger partial charge in [0.2, 0.25) is 5.91 Å². The summed E-state index contributed by atoms with van der Waals surface area (Å²) in [6.07, 6.45) is 1.47. The number of carbonyl (C=O) groups excluding carboxylic acids is 4. The third kappa shape index (κ3) is 5.23. The zero-order chi connectivity index (χ0) is 26.7. The van der Waals surface area contributed by atoms with Crippen molar-refractivity contribution in [1.82, 2.24) is 25.4 Å². The number of hydrogen-bond donors (Lipinski definition) is 4. The summed E-state index contributed by atoms with van der Waals surface area (Å²) in [5.41, 5.74) is 0.494. The molecule has 0 aliphatic carbocycles. The summed E-state index contributed by atoms with van der Waals surface area (Å²) in [7, 11) is -1.57. The summed E-state index contributed by atoms with van der Waals surface area (Å²) >= 11 is 0. The Morgan fingerprint density at radius 2 is 1.95 bits per heavy atom. The van der Waals surface area contributed by atoms with Crippen LogP contribution in [0.1, 0.15) is 34.6 Å². The van der Waals surface area contributed by atoms with Crippen LogP contribution in [-0.4, -0.2) is 87.3 Å². The molecular weight excluding hydrogens is 485 g/mol. The van der Waals surface area contributed by atoms with E-state index in [9.17, 15) is 34.1 Å². The Balaban J connectivity index is 1.52. The monoisotopic (exact) mass is 509 g/mol. The number of carbonyl (C=O) groups is 5. The minimum atomic E-state index is -1.57. The molecule has 4 N–H and O–H groups in total. The molecule has 1 unspecified atom stereocenters. The highest BCUT2D eigenvalue weighted by Gasteiger charge is 2.41. The normalized spacial score (nSPS) is 18.0. The Hall–Kier alpha value is -4.46. The van der Waals surface area contributed by atoms with Crippen LogP contribution >= 0.6 is 0 Å². The first kappa shape index (κ1) is 25.6. The quantitative estimate of drug-likeness (QED) is 0.291. The first-order valence-corrected chi connectivity index (χ1v) is 11.5. The number of nitrogens with zero attached hydrogens (tertiary/aromatic N) is 3. The molecule has 2 aliphatic rings. The van der Waals surface area contributed by atoms with E-state index in [1.54, 1.807) is 25.1 Å². The number of aromatic nitrogens is 1. The van der Waals surface area contributed by atoms with Crippen LogP contribution in [0, 0.1) is 0 Å². The average molecular weight is 509 g/mol. The van der Waals surface area contributed by atoms with Gasteiger partial charge in [-0.25, -0.2) is 9.59 Å². The number of carboxylic acid groups (broad SMARTS) is 1. The van der Waals surface area contributed by atoms with Crippen molar-refractivity contribution in [1.29, 1.82) is 0 Å². The molecule has 4 rings (SSSR count). The number of imide groups is 1. The number of nitrogens with one attached hydrogen (secondary N) is 2. The number of amides is 5. The highest BCUT2D eigenvalue weighted by molar-refractivity contribution is 6.47. The standard InChI is InChI=1S/C23H24BN5O8/c1-2-28-10-11-29(21(32)20(28)31)23(35)27-17(15-8-3-4-9-25-15)19(30)26-16-12-13-6-5-7-14(22(33)34)18(13)37-24(16)36/h3-9,16-17,36H,2,10-12H2,1H3,(H,26,30)(H,27,35)(H,33,34)/t16-,17?/m0/s1. The van der Waals surface area contributed by atoms with Crippen LogP contribution in [0.5, 0.6) is 5.75 Å². The maximum Gasteiger partial charge on any atom is 0.547 e. The fraction of sp³-hybridized carbons (Fsp3) is 0.304. The number of hydrogen-bond acceptors (Lipinski definition) is 8. The van der Waals surface area contributed by atoms with E-state index in [1.165, 1.54) is 29.3 Å². The summed E-state index contributed by atoms with van der Waals surface area (Å²) in [5.74, 6) is -4.78. The minimum Gasteiger partial charge on any atom is -0.534 e. The molecule has 2 aliphatic heterocycles. The second kappa shape index (κ2) is 10.7. The number of carboxylic acids is 1. The van der Waals surface area contributed by atoms with E-state index in [4.69, 9.17) is 4.65 Å². The van der Waals surface area contributed by atoms with E-state index in [0.717, 1.165) is 4.90 Å². The maximum atomic E-state index is 13.3. The van der Waals surface area contributed by atoms with Crippen molar-refractivity contribution in [3.8, 4) is 5.75 Å². The molecule has 0 bridgehead atoms. The number of benzene rings is 1. The van der Waals surface area contributed by atoms with Gasteiger partial charge in [-0.05, 0) is 37.1 Å². The first-order chi connectivity index (χ1) is 17.7. The predicted octanol–water partition coefficient (Wildman–Crippen LogP) is -0.639. The van der Waals surface area contributed by atoms with E-state index >= 15 is 0 Å². The van der Waals surface area contributed by atoms with Gasteiger partial charge in [-0.15, -0.1) is 0 Å². The molecule has 0 spiro atoms. The fourth-order valence-corrected chi connectivity index (χ4v) is 4.17. The molecule has 2 atom stereocenters. The van der Waals surface area contributed by atoms with E-state index in [2.05, 4.69) is 15.6 Å². The highest BCUT2D eigenvalue weighted by Crippen LogP contribution is 2.30. The van der Waals surface area contributed by atoms with Crippen molar-refractivity contribution >= 4 is 36.8 Å². The van der Waals surface area contributed by atoms with Gasteiger partial charge in [-0.3, -0.25) is 24.3 Å². The lowest BCUT2D eigenvalue weighted by Crippen LogP contribution is -2.60. The summed E-state index contributed by atoms with van der Waals surface area (Å²) in [4.78, 5) is 68.5. The van der Waals surface area contributed by atoms with Crippen LogP contribution in [0.4, 0.5) is 4.79 Å². The molecule has 1 aromatic carbocycles. The average Bonchev–Trinajstić information content (AvgIpc) is 2.89. The number of aromatic carboxylic acids is 1. The third-order valence-electron chi connectivity index (χ3n) is 6.13. The van der Waals surface area contributed by atoms with E-state index < -0.39 is 48.8 Å². The molecule has 13 nitrogen and oxygen atoms in total. The number of urea groups is 1. The summed E-state index contributed by atoms with van der Waals surface area (Å²) in [6, 6.07) is 6.87. The minimum absolute atomic E-state index is 0.0111. The Kier molecular flexibility index (Phi) is 7.38. The molecule has 0 saturated carbocycles. The molecule has 3 heterocycles. The smallest absolute Gasteiger partial charge is 0.534 e. The van der Waals surface area contributed by atoms with Gasteiger partial charge in [-0.1, -0.05) is 18.2 Å². The Morgan fingerprint density at radius 1 is 1.16 bits per heavy atom. The van der Waals surface area contributed by atoms with Crippen LogP contribution in [0.3, 0.4) is 0 Å². The van der Waals surface area contributed by atoms with Gasteiger partial charge in [0, 0.05) is 25.8 Å². The predicted molar refractivity (Wildman–Crippen MR) is 127 cm³/mol. The molecule has 14 heteroatoms. The second-order valence-corrected chi connectivity index (χ2v) is 8.41. The van der Waals surface area contributed by atoms with Crippen molar-refractivity contribution in [2.75, 3.05) is 19.6 Å². The third-order valence-corrected chi connectivity index (χ3v) is 6.13. The number of likely N-dealkylation sites (N-methyl/N-ethyl adjacent to an activating group) is 1. The Bertz CT molecular complexity index is 1240. The molecule has 1 saturated heterocycles. The van der Waals surface area contributed by atoms with E-state index in [0.29, 0.717) is 12.1 Å². The van der Waals surface area contributed by atoms with Gasteiger partial charge in [0.15, 0.2) is 6.04 Å². The zero-order valence-electron chi connectivity index (χ0n) is 19.8. The second-order valence-electron chi connectivity index (χ2n) is 8.41. The van der Waals surface area contributed by atoms with Crippen LogP contribution in [0.25, 0.3) is 0 Å². The summed E-state index contributed by atoms with van der Waals surface area (Å²) < 4.78 is 5.41. The van der Waals surface area contributed by atoms with Crippen molar-refractivity contribution in [3.63, 3.8) is 0 Å². The van der Waals surface area contributed by atoms with Gasteiger partial charge in [0.1, 0.15) is 5.75 Å². The Morgan fingerprint density at radius 3 is 2.62 bits per heavy atom. The van der Waals surface area contributed by atoms with Crippen molar-refractivity contribution in [2.45, 2.75) is 25.3 Å². The molecule has 2 aromatic rings. The van der Waals surface area contributed by atoms with Gasteiger partial charge >= 0.3 is 30.9 Å². The van der Waals surface area contributed by atoms with Crippen LogP contribution in [0.2, 0.25) is 0 Å². The van der Waals surface area contributed by atoms with E-state index in [1.807, 2.05) is 0 Å². The van der Waals surface area contributed by atoms with Crippen molar-refractivity contribution in [3.05, 3.63) is 59.4 Å². The number of para-hydroxylation sites is 1. The van der Waals surface area contributed by atoms with Gasteiger partial charge in [0.25, 0.3) is 0 Å². The van der Waals surface area contributed by atoms with Crippen LogP contribution in [-0.2, 0) is 20.8 Å². The van der Waals surface area contributed by atoms with E-state index in [-0.39, 0.29) is 36.5 Å². The fourth-order valence-electron chi connectivity index (χ4n) is 4.17. The molecule has 1 aromatic heterocycles. The zero-order valence-corrected chi connectivity index (χ0v) is 19.8. The number of rotatable bonds is 6. The SMILES string of the molecule is CCN1CCN(C(=O)NC(C(=O)N[C@H]2Cc3cccc(C(=O)O)c3OB2O)c2ccccn2)C(=O)C1=O. The van der Waals surface area contributed by atoms with Gasteiger partial charge in [-0.2, -0.15) is 0 Å². The molecule has 37 heavy (non-hydrogen) atoms. The van der Waals surface area contributed by atoms with Gasteiger partial charge < -0.3 is 30.3 Å². The molecule has 192 valence electrons. The molecule has 1 fully saturated rings. The highest BCUT2D eigenvalue weighted by atomic mass is 16.5. The largest absolute Gasteiger partial charge is 0.547 e. The summed E-state index contributed by atoms with van der Waals surface area (Å²) in [5, 5.41) is 24.9. The lowest BCUT2D eigenvalue weighted by atomic mass is 9.72. The lowest BCUT2D eigenvalue weighted by Gasteiger charge is -2.33. The molecular formula is C23H24BN5O8. The number of piperazine rings is 1. The summed E-state index contributed by atoms with van der Waals surface area (Å²) in [6.45, 7) is 2.16. The van der Waals surface area contributed by atoms with Gasteiger partial charge in [0.05, 0.1) is 17.2 Å².